The lowest BCUT2D eigenvalue weighted by molar-refractivity contribution is -0.119. The second-order valence-electron chi connectivity index (χ2n) is 6.36. The Labute approximate surface area is 151 Å². The van der Waals surface area contributed by atoms with Gasteiger partial charge in [-0.15, -0.1) is 11.3 Å². The van der Waals surface area contributed by atoms with Crippen molar-refractivity contribution in [3.8, 4) is 0 Å². The maximum absolute atomic E-state index is 12.5. The zero-order chi connectivity index (χ0) is 18.6. The van der Waals surface area contributed by atoms with Crippen LogP contribution in [0.15, 0.2) is 5.38 Å². The first kappa shape index (κ1) is 19.6. The number of carbonyl (C=O) groups excluding carboxylic acids is 2. The molecule has 1 aromatic rings. The van der Waals surface area contributed by atoms with E-state index in [2.05, 4.69) is 20.9 Å². The van der Waals surface area contributed by atoms with Crippen LogP contribution >= 0.6 is 11.3 Å². The number of nitrogens with zero attached hydrogens (tertiary/aromatic N) is 1. The first-order valence-corrected chi connectivity index (χ1v) is 10.9. The Bertz CT molecular complexity index is 732. The van der Waals surface area contributed by atoms with Crippen LogP contribution in [0.2, 0.25) is 0 Å². The summed E-state index contributed by atoms with van der Waals surface area (Å²) < 4.78 is 22.9. The minimum absolute atomic E-state index is 0.0565. The highest BCUT2D eigenvalue weighted by molar-refractivity contribution is 7.91. The van der Waals surface area contributed by atoms with Gasteiger partial charge < -0.3 is 16.0 Å². The molecule has 8 nitrogen and oxygen atoms in total. The van der Waals surface area contributed by atoms with E-state index in [-0.39, 0.29) is 23.3 Å². The minimum atomic E-state index is -3.07. The second-order valence-corrected chi connectivity index (χ2v) is 9.45. The van der Waals surface area contributed by atoms with Gasteiger partial charge >= 0.3 is 6.03 Å². The fourth-order valence-corrected chi connectivity index (χ4v) is 4.94. The average molecular weight is 389 g/mol. The topological polar surface area (TPSA) is 117 Å². The Morgan fingerprint density at radius 1 is 1.44 bits per heavy atom. The number of nitrogens with one attached hydrogen (secondary N) is 3. The van der Waals surface area contributed by atoms with Crippen molar-refractivity contribution in [1.82, 2.24) is 15.6 Å². The Balaban J connectivity index is 1.97. The Kier molecular flexibility index (Phi) is 6.39. The highest BCUT2D eigenvalue weighted by Gasteiger charge is 2.31. The van der Waals surface area contributed by atoms with Crippen molar-refractivity contribution in [2.75, 3.05) is 16.8 Å². The maximum atomic E-state index is 12.5. The lowest BCUT2D eigenvalue weighted by Gasteiger charge is -2.24. The van der Waals surface area contributed by atoms with E-state index < -0.39 is 28.0 Å². The molecule has 0 radical (unpaired) electrons. The number of sulfone groups is 1. The van der Waals surface area contributed by atoms with E-state index in [1.165, 1.54) is 11.3 Å². The molecule has 3 N–H and O–H groups in total. The van der Waals surface area contributed by atoms with Crippen LogP contribution in [-0.4, -0.2) is 48.9 Å². The third kappa shape index (κ3) is 5.67. The van der Waals surface area contributed by atoms with Crippen molar-refractivity contribution in [3.05, 3.63) is 11.1 Å². The number of aromatic nitrogens is 1. The van der Waals surface area contributed by atoms with E-state index in [4.69, 9.17) is 0 Å². The highest BCUT2D eigenvalue weighted by Crippen LogP contribution is 2.17. The van der Waals surface area contributed by atoms with Crippen molar-refractivity contribution in [2.45, 2.75) is 45.7 Å². The molecular weight excluding hydrogens is 364 g/mol. The van der Waals surface area contributed by atoms with Crippen molar-refractivity contribution in [1.29, 1.82) is 0 Å². The van der Waals surface area contributed by atoms with Gasteiger partial charge in [-0.1, -0.05) is 20.3 Å². The van der Waals surface area contributed by atoms with Crippen LogP contribution < -0.4 is 16.0 Å². The standard InChI is InChI=1S/C15H24N4O4S2/c1-4-9(2)12(13(20)19-15-16-10(3)7-24-15)18-14(21)17-11-5-6-25(22,23)8-11/h7,9,11-12H,4-6,8H2,1-3H3,(H,16,19,20)(H2,17,18,21). The van der Waals surface area contributed by atoms with Gasteiger partial charge in [0.05, 0.1) is 17.2 Å². The van der Waals surface area contributed by atoms with Crippen LogP contribution in [0, 0.1) is 12.8 Å². The number of carbonyl (C=O) groups is 2. The zero-order valence-corrected chi connectivity index (χ0v) is 16.2. The van der Waals surface area contributed by atoms with Gasteiger partial charge in [0, 0.05) is 11.4 Å². The number of rotatable bonds is 6. The number of hydrogen-bond donors (Lipinski definition) is 3. The lowest BCUT2D eigenvalue weighted by Crippen LogP contribution is -2.53. The van der Waals surface area contributed by atoms with Crippen molar-refractivity contribution < 1.29 is 18.0 Å². The molecule has 25 heavy (non-hydrogen) atoms. The molecule has 3 atom stereocenters. The van der Waals surface area contributed by atoms with Gasteiger partial charge in [0.15, 0.2) is 15.0 Å². The summed E-state index contributed by atoms with van der Waals surface area (Å²) in [7, 11) is -3.07. The minimum Gasteiger partial charge on any atom is -0.334 e. The largest absolute Gasteiger partial charge is 0.334 e. The first-order chi connectivity index (χ1) is 11.7. The van der Waals surface area contributed by atoms with Gasteiger partial charge in [0.25, 0.3) is 0 Å². The van der Waals surface area contributed by atoms with Gasteiger partial charge in [-0.3, -0.25) is 4.79 Å². The number of hydrogen-bond acceptors (Lipinski definition) is 6. The molecule has 2 rings (SSSR count). The predicted octanol–water partition coefficient (Wildman–Crippen LogP) is 1.29. The van der Waals surface area contributed by atoms with Crippen molar-refractivity contribution in [3.63, 3.8) is 0 Å². The summed E-state index contributed by atoms with van der Waals surface area (Å²) in [6, 6.07) is -1.67. The molecule has 1 aromatic heterocycles. The molecule has 0 bridgehead atoms. The van der Waals surface area contributed by atoms with Gasteiger partial charge in [0.2, 0.25) is 5.91 Å². The van der Waals surface area contributed by atoms with Crippen molar-refractivity contribution in [2.24, 2.45) is 5.92 Å². The van der Waals surface area contributed by atoms with Gasteiger partial charge in [-0.25, -0.2) is 18.2 Å². The summed E-state index contributed by atoms with van der Waals surface area (Å²) in [5.41, 5.74) is 0.813. The summed E-state index contributed by atoms with van der Waals surface area (Å²) >= 11 is 1.32. The van der Waals surface area contributed by atoms with E-state index in [1.807, 2.05) is 26.2 Å². The molecule has 0 saturated carbocycles. The molecular formula is C15H24N4O4S2. The fourth-order valence-electron chi connectivity index (χ4n) is 2.57. The monoisotopic (exact) mass is 388 g/mol. The molecule has 1 saturated heterocycles. The summed E-state index contributed by atoms with van der Waals surface area (Å²) in [6.45, 7) is 5.64. The Hall–Kier alpha value is -1.68. The summed E-state index contributed by atoms with van der Waals surface area (Å²) in [5.74, 6) is -0.396. The van der Waals surface area contributed by atoms with Crippen molar-refractivity contribution >= 4 is 38.2 Å². The van der Waals surface area contributed by atoms with Crippen LogP contribution in [-0.2, 0) is 14.6 Å². The van der Waals surface area contributed by atoms with Gasteiger partial charge in [0.1, 0.15) is 6.04 Å². The van der Waals surface area contributed by atoms with Crippen LogP contribution in [0.4, 0.5) is 9.93 Å². The van der Waals surface area contributed by atoms with Crippen LogP contribution in [0.1, 0.15) is 32.4 Å². The third-order valence-corrected chi connectivity index (χ3v) is 6.84. The smallest absolute Gasteiger partial charge is 0.315 e. The molecule has 2 heterocycles. The van der Waals surface area contributed by atoms with E-state index in [1.54, 1.807) is 0 Å². The van der Waals surface area contributed by atoms with Crippen LogP contribution in [0.3, 0.4) is 0 Å². The number of thiazole rings is 1. The van der Waals surface area contributed by atoms with Gasteiger partial charge in [-0.2, -0.15) is 0 Å². The summed E-state index contributed by atoms with van der Waals surface area (Å²) in [6.07, 6.45) is 1.10. The van der Waals surface area contributed by atoms with Crippen LogP contribution in [0.25, 0.3) is 0 Å². The first-order valence-electron chi connectivity index (χ1n) is 8.20. The summed E-state index contributed by atoms with van der Waals surface area (Å²) in [4.78, 5) is 28.9. The quantitative estimate of drug-likeness (QED) is 0.679. The molecule has 0 aromatic carbocycles. The van der Waals surface area contributed by atoms with E-state index in [9.17, 15) is 18.0 Å². The molecule has 0 aliphatic carbocycles. The molecule has 10 heteroatoms. The molecule has 1 aliphatic heterocycles. The molecule has 3 unspecified atom stereocenters. The number of aryl methyl sites for hydroxylation is 1. The maximum Gasteiger partial charge on any atom is 0.315 e. The number of amides is 3. The van der Waals surface area contributed by atoms with Gasteiger partial charge in [-0.05, 0) is 19.3 Å². The molecule has 1 fully saturated rings. The SMILES string of the molecule is CCC(C)C(NC(=O)NC1CCS(=O)(=O)C1)C(=O)Nc1nc(C)cs1. The zero-order valence-electron chi connectivity index (χ0n) is 14.5. The Morgan fingerprint density at radius 2 is 2.16 bits per heavy atom. The lowest BCUT2D eigenvalue weighted by atomic mass is 9.98. The second kappa shape index (κ2) is 8.13. The highest BCUT2D eigenvalue weighted by atomic mass is 32.2. The molecule has 1 aliphatic rings. The van der Waals surface area contributed by atoms with E-state index >= 15 is 0 Å². The Morgan fingerprint density at radius 3 is 2.68 bits per heavy atom. The molecule has 0 spiro atoms. The number of anilines is 1. The van der Waals surface area contributed by atoms with E-state index in [0.717, 1.165) is 5.69 Å². The van der Waals surface area contributed by atoms with Crippen LogP contribution in [0.5, 0.6) is 0 Å². The third-order valence-electron chi connectivity index (χ3n) is 4.20. The predicted molar refractivity (Wildman–Crippen MR) is 97.4 cm³/mol. The van der Waals surface area contributed by atoms with E-state index in [0.29, 0.717) is 18.0 Å². The number of urea groups is 1. The average Bonchev–Trinajstić information content (AvgIpc) is 3.08. The molecule has 3 amide bonds. The normalized spacial score (nSPS) is 21.3. The fraction of sp³-hybridized carbons (Fsp3) is 0.667. The summed E-state index contributed by atoms with van der Waals surface area (Å²) in [5, 5.41) is 10.3. The molecule has 140 valence electrons.